The van der Waals surface area contributed by atoms with E-state index in [1.165, 1.54) is 29.5 Å². The highest BCUT2D eigenvalue weighted by atomic mass is 16.3. The highest BCUT2D eigenvalue weighted by molar-refractivity contribution is 5.28. The predicted molar refractivity (Wildman–Crippen MR) is 71.0 cm³/mol. The van der Waals surface area contributed by atoms with Gasteiger partial charge in [0, 0.05) is 12.1 Å². The number of hydrogen-bond acceptors (Lipinski definition) is 2. The first-order chi connectivity index (χ1) is 8.13. The summed E-state index contributed by atoms with van der Waals surface area (Å²) in [6.45, 7) is 5.39. The normalized spacial score (nSPS) is 18.5. The topological polar surface area (TPSA) is 32.3 Å². The summed E-state index contributed by atoms with van der Waals surface area (Å²) >= 11 is 0. The molecule has 2 nitrogen and oxygen atoms in total. The van der Waals surface area contributed by atoms with E-state index in [-0.39, 0.29) is 12.1 Å². The number of rotatable bonds is 4. The molecule has 1 aromatic rings. The van der Waals surface area contributed by atoms with Crippen LogP contribution in [0.15, 0.2) is 18.2 Å². The number of aryl methyl sites for hydroxylation is 2. The van der Waals surface area contributed by atoms with Crippen LogP contribution >= 0.6 is 0 Å². The second-order valence-electron chi connectivity index (χ2n) is 5.50. The van der Waals surface area contributed by atoms with Crippen LogP contribution in [0.25, 0.3) is 0 Å². The third kappa shape index (κ3) is 3.08. The first kappa shape index (κ1) is 12.6. The number of hydrogen-bond donors (Lipinski definition) is 2. The SMILES string of the molecule is Cc1cc(C)cc(CNC2(CO)CCCC2)c1. The van der Waals surface area contributed by atoms with Crippen LogP contribution in [-0.2, 0) is 6.54 Å². The minimum atomic E-state index is -0.0162. The van der Waals surface area contributed by atoms with Crippen molar-refractivity contribution in [2.45, 2.75) is 51.6 Å². The van der Waals surface area contributed by atoms with Gasteiger partial charge in [-0.2, -0.15) is 0 Å². The Labute approximate surface area is 104 Å². The summed E-state index contributed by atoms with van der Waals surface area (Å²) in [4.78, 5) is 0. The van der Waals surface area contributed by atoms with E-state index in [0.29, 0.717) is 0 Å². The highest BCUT2D eigenvalue weighted by Crippen LogP contribution is 2.29. The summed E-state index contributed by atoms with van der Waals surface area (Å²) in [5.41, 5.74) is 3.93. The average molecular weight is 233 g/mol. The molecule has 1 fully saturated rings. The van der Waals surface area contributed by atoms with E-state index in [9.17, 15) is 5.11 Å². The fourth-order valence-electron chi connectivity index (χ4n) is 2.90. The molecule has 2 rings (SSSR count). The van der Waals surface area contributed by atoms with E-state index in [0.717, 1.165) is 19.4 Å². The summed E-state index contributed by atoms with van der Waals surface area (Å²) in [6, 6.07) is 6.64. The van der Waals surface area contributed by atoms with E-state index >= 15 is 0 Å². The van der Waals surface area contributed by atoms with Crippen molar-refractivity contribution in [3.05, 3.63) is 34.9 Å². The van der Waals surface area contributed by atoms with Crippen molar-refractivity contribution < 1.29 is 5.11 Å². The highest BCUT2D eigenvalue weighted by Gasteiger charge is 2.32. The lowest BCUT2D eigenvalue weighted by atomic mass is 9.98. The van der Waals surface area contributed by atoms with Gasteiger partial charge in [-0.15, -0.1) is 0 Å². The molecular weight excluding hydrogens is 210 g/mol. The fraction of sp³-hybridized carbons (Fsp3) is 0.600. The van der Waals surface area contributed by atoms with Gasteiger partial charge >= 0.3 is 0 Å². The molecule has 2 heteroatoms. The van der Waals surface area contributed by atoms with Crippen molar-refractivity contribution in [1.82, 2.24) is 5.32 Å². The van der Waals surface area contributed by atoms with Gasteiger partial charge in [0.05, 0.1) is 6.61 Å². The van der Waals surface area contributed by atoms with Crippen molar-refractivity contribution in [3.8, 4) is 0 Å². The molecule has 1 aliphatic carbocycles. The van der Waals surface area contributed by atoms with Crippen LogP contribution in [0, 0.1) is 13.8 Å². The van der Waals surface area contributed by atoms with E-state index in [1.807, 2.05) is 0 Å². The Balaban J connectivity index is 2.01. The molecule has 0 unspecified atom stereocenters. The van der Waals surface area contributed by atoms with Crippen LogP contribution in [0.1, 0.15) is 42.4 Å². The van der Waals surface area contributed by atoms with Crippen molar-refractivity contribution >= 4 is 0 Å². The molecule has 0 bridgehead atoms. The summed E-state index contributed by atoms with van der Waals surface area (Å²) < 4.78 is 0. The molecule has 0 aliphatic heterocycles. The Morgan fingerprint density at radius 1 is 1.12 bits per heavy atom. The summed E-state index contributed by atoms with van der Waals surface area (Å²) in [6.07, 6.45) is 4.68. The van der Waals surface area contributed by atoms with Crippen LogP contribution in [0.5, 0.6) is 0 Å². The Morgan fingerprint density at radius 2 is 1.71 bits per heavy atom. The molecule has 1 aliphatic rings. The van der Waals surface area contributed by atoms with E-state index in [1.54, 1.807) is 0 Å². The van der Waals surface area contributed by atoms with E-state index in [2.05, 4.69) is 37.4 Å². The van der Waals surface area contributed by atoms with E-state index < -0.39 is 0 Å². The monoisotopic (exact) mass is 233 g/mol. The van der Waals surface area contributed by atoms with Gasteiger partial charge in [0.1, 0.15) is 0 Å². The maximum atomic E-state index is 9.54. The zero-order valence-electron chi connectivity index (χ0n) is 10.9. The fourth-order valence-corrected chi connectivity index (χ4v) is 2.90. The average Bonchev–Trinajstić information content (AvgIpc) is 2.74. The molecule has 0 spiro atoms. The van der Waals surface area contributed by atoms with Crippen molar-refractivity contribution in [3.63, 3.8) is 0 Å². The van der Waals surface area contributed by atoms with E-state index in [4.69, 9.17) is 0 Å². The third-order valence-corrected chi connectivity index (χ3v) is 3.81. The van der Waals surface area contributed by atoms with Gasteiger partial charge in [0.25, 0.3) is 0 Å². The standard InChI is InChI=1S/C15H23NO/c1-12-7-13(2)9-14(8-12)10-16-15(11-17)5-3-4-6-15/h7-9,16-17H,3-6,10-11H2,1-2H3. The van der Waals surface area contributed by atoms with Gasteiger partial charge < -0.3 is 10.4 Å². The molecule has 0 saturated heterocycles. The molecule has 94 valence electrons. The van der Waals surface area contributed by atoms with Gasteiger partial charge in [-0.1, -0.05) is 42.2 Å². The van der Waals surface area contributed by atoms with Gasteiger partial charge in [-0.05, 0) is 32.3 Å². The van der Waals surface area contributed by atoms with Crippen molar-refractivity contribution in [1.29, 1.82) is 0 Å². The molecule has 0 radical (unpaired) electrons. The third-order valence-electron chi connectivity index (χ3n) is 3.81. The van der Waals surface area contributed by atoms with Gasteiger partial charge in [0.15, 0.2) is 0 Å². The zero-order valence-corrected chi connectivity index (χ0v) is 10.9. The lowest BCUT2D eigenvalue weighted by molar-refractivity contribution is 0.163. The zero-order chi connectivity index (χ0) is 12.3. The smallest absolute Gasteiger partial charge is 0.0613 e. The first-order valence-corrected chi connectivity index (χ1v) is 6.57. The maximum absolute atomic E-state index is 9.54. The summed E-state index contributed by atoms with van der Waals surface area (Å²) in [5.74, 6) is 0. The summed E-state index contributed by atoms with van der Waals surface area (Å²) in [5, 5.41) is 13.1. The minimum absolute atomic E-state index is 0.0162. The quantitative estimate of drug-likeness (QED) is 0.838. The molecule has 2 N–H and O–H groups in total. The van der Waals surface area contributed by atoms with Crippen LogP contribution < -0.4 is 5.32 Å². The lowest BCUT2D eigenvalue weighted by Gasteiger charge is -2.28. The molecule has 0 amide bonds. The number of aliphatic hydroxyl groups excluding tert-OH is 1. The molecule has 0 atom stereocenters. The van der Waals surface area contributed by atoms with Crippen LogP contribution in [0.4, 0.5) is 0 Å². The number of benzene rings is 1. The maximum Gasteiger partial charge on any atom is 0.0613 e. The Bertz CT molecular complexity index is 360. The van der Waals surface area contributed by atoms with Gasteiger partial charge in [-0.25, -0.2) is 0 Å². The predicted octanol–water partition coefficient (Wildman–Crippen LogP) is 2.70. The Hall–Kier alpha value is -0.860. The van der Waals surface area contributed by atoms with Crippen LogP contribution in [0.3, 0.4) is 0 Å². The molecular formula is C15H23NO. The van der Waals surface area contributed by atoms with Gasteiger partial charge in [0.2, 0.25) is 0 Å². The molecule has 1 saturated carbocycles. The minimum Gasteiger partial charge on any atom is -0.394 e. The Morgan fingerprint density at radius 3 is 2.24 bits per heavy atom. The second-order valence-corrected chi connectivity index (χ2v) is 5.50. The van der Waals surface area contributed by atoms with Crippen LogP contribution in [-0.4, -0.2) is 17.3 Å². The largest absolute Gasteiger partial charge is 0.394 e. The number of nitrogens with one attached hydrogen (secondary N) is 1. The molecule has 1 aromatic carbocycles. The van der Waals surface area contributed by atoms with Crippen molar-refractivity contribution in [2.75, 3.05) is 6.61 Å². The summed E-state index contributed by atoms with van der Waals surface area (Å²) in [7, 11) is 0. The Kier molecular flexibility index (Phi) is 3.85. The lowest BCUT2D eigenvalue weighted by Crippen LogP contribution is -2.45. The molecule has 0 heterocycles. The second kappa shape index (κ2) is 5.19. The number of aliphatic hydroxyl groups is 1. The molecule has 17 heavy (non-hydrogen) atoms. The van der Waals surface area contributed by atoms with Gasteiger partial charge in [-0.3, -0.25) is 0 Å². The van der Waals surface area contributed by atoms with Crippen LogP contribution in [0.2, 0.25) is 0 Å². The first-order valence-electron chi connectivity index (χ1n) is 6.57. The molecule has 0 aromatic heterocycles. The van der Waals surface area contributed by atoms with Crippen molar-refractivity contribution in [2.24, 2.45) is 0 Å².